The molecule has 0 bridgehead atoms. The molecular formula is C23H22F2N6O5. The zero-order valence-corrected chi connectivity index (χ0v) is 19.1. The number of aromatic nitrogens is 3. The number of nitrogens with one attached hydrogen (secondary N) is 1. The average Bonchev–Trinajstić information content (AvgIpc) is 2.86. The highest BCUT2D eigenvalue weighted by Crippen LogP contribution is 2.25. The first-order chi connectivity index (χ1) is 17.2. The highest BCUT2D eigenvalue weighted by molar-refractivity contribution is 5.93. The van der Waals surface area contributed by atoms with Gasteiger partial charge in [-0.15, -0.1) is 0 Å². The van der Waals surface area contributed by atoms with Crippen LogP contribution in [0.25, 0.3) is 0 Å². The summed E-state index contributed by atoms with van der Waals surface area (Å²) < 4.78 is 38.2. The minimum atomic E-state index is -0.889. The van der Waals surface area contributed by atoms with Crippen molar-refractivity contribution in [1.82, 2.24) is 14.9 Å². The van der Waals surface area contributed by atoms with E-state index >= 15 is 0 Å². The minimum absolute atomic E-state index is 0.0415. The van der Waals surface area contributed by atoms with Crippen molar-refractivity contribution in [2.75, 3.05) is 25.0 Å². The molecule has 1 saturated heterocycles. The molecule has 0 saturated carbocycles. The number of ether oxygens (including phenoxy) is 2. The molecule has 4 rings (SSSR count). The van der Waals surface area contributed by atoms with Crippen LogP contribution in [-0.2, 0) is 9.53 Å². The van der Waals surface area contributed by atoms with Crippen LogP contribution in [0, 0.1) is 16.8 Å². The van der Waals surface area contributed by atoms with Crippen molar-refractivity contribution in [3.05, 3.63) is 77.0 Å². The van der Waals surface area contributed by atoms with E-state index in [2.05, 4.69) is 15.3 Å². The maximum absolute atomic E-state index is 13.7. The van der Waals surface area contributed by atoms with Crippen LogP contribution in [0.15, 0.2) is 48.9 Å². The molecule has 2 atom stereocenters. The number of hydrogen-bond donors (Lipinski definition) is 2. The number of amides is 2. The summed E-state index contributed by atoms with van der Waals surface area (Å²) >= 11 is 0. The lowest BCUT2D eigenvalue weighted by atomic mass is 10.1. The second-order valence-electron chi connectivity index (χ2n) is 7.97. The van der Waals surface area contributed by atoms with Crippen LogP contribution in [0.3, 0.4) is 0 Å². The van der Waals surface area contributed by atoms with Crippen LogP contribution >= 0.6 is 0 Å². The van der Waals surface area contributed by atoms with Crippen LogP contribution in [0.5, 0.6) is 11.6 Å². The lowest BCUT2D eigenvalue weighted by Gasteiger charge is -2.36. The van der Waals surface area contributed by atoms with E-state index in [1.807, 2.05) is 4.90 Å². The normalized spacial score (nSPS) is 16.8. The quantitative estimate of drug-likeness (QED) is 0.368. The summed E-state index contributed by atoms with van der Waals surface area (Å²) in [5, 5.41) is 14.4. The SMILES string of the molecule is C[C@@H](C(=O)Nc1cnc(Oc2ccc(F)cc2F)cn1)N1CCO[C@@H](c2cc[n+]([O-])c(C(N)=O)c2)C1. The number of pyridine rings is 1. The Kier molecular flexibility index (Phi) is 7.31. The summed E-state index contributed by atoms with van der Waals surface area (Å²) in [7, 11) is 0. The van der Waals surface area contributed by atoms with Gasteiger partial charge in [0.05, 0.1) is 31.1 Å². The molecule has 0 radical (unpaired) electrons. The molecule has 2 aromatic heterocycles. The number of primary amides is 1. The molecule has 3 N–H and O–H groups in total. The molecule has 1 fully saturated rings. The van der Waals surface area contributed by atoms with Gasteiger partial charge in [0.2, 0.25) is 11.8 Å². The molecule has 3 aromatic rings. The molecule has 1 aliphatic heterocycles. The number of anilines is 1. The average molecular weight is 500 g/mol. The van der Waals surface area contributed by atoms with Crippen LogP contribution in [-0.4, -0.2) is 52.4 Å². The molecule has 3 heterocycles. The maximum atomic E-state index is 13.7. The Morgan fingerprint density at radius 2 is 2.08 bits per heavy atom. The summed E-state index contributed by atoms with van der Waals surface area (Å²) in [6.45, 7) is 2.85. The first kappa shape index (κ1) is 24.9. The standard InChI is InChI=1S/C23H22F2N6O5/c1-13(30-6-7-35-19(12-30)14-4-5-31(34)17(8-14)22(26)32)23(33)29-20-10-28-21(11-27-20)36-18-3-2-15(24)9-16(18)25/h2-5,8-11,13,19H,6-7,12H2,1H3,(H2,26,32)(H,27,29,33)/t13-,19+/m0/s1. The Balaban J connectivity index is 1.37. The van der Waals surface area contributed by atoms with Crippen molar-refractivity contribution in [3.63, 3.8) is 0 Å². The number of nitrogens with two attached hydrogens (primary N) is 1. The summed E-state index contributed by atoms with van der Waals surface area (Å²) in [5.74, 6) is -2.94. The first-order valence-electron chi connectivity index (χ1n) is 10.9. The molecule has 11 nitrogen and oxygen atoms in total. The second kappa shape index (κ2) is 10.6. The fraction of sp³-hybridized carbons (Fsp3) is 0.261. The Bertz CT molecular complexity index is 1280. The van der Waals surface area contributed by atoms with Crippen molar-refractivity contribution in [1.29, 1.82) is 0 Å². The fourth-order valence-electron chi connectivity index (χ4n) is 3.61. The first-order valence-corrected chi connectivity index (χ1v) is 10.9. The van der Waals surface area contributed by atoms with Gasteiger partial charge in [-0.2, -0.15) is 4.73 Å². The van der Waals surface area contributed by atoms with Crippen LogP contribution in [0.4, 0.5) is 14.6 Å². The summed E-state index contributed by atoms with van der Waals surface area (Å²) in [5.41, 5.74) is 5.64. The number of halogens is 2. The van der Waals surface area contributed by atoms with Crippen molar-refractivity contribution in [2.45, 2.75) is 19.1 Å². The Morgan fingerprint density at radius 3 is 2.78 bits per heavy atom. The van der Waals surface area contributed by atoms with E-state index in [1.54, 1.807) is 6.92 Å². The molecule has 2 amide bonds. The van der Waals surface area contributed by atoms with Gasteiger partial charge in [-0.25, -0.2) is 18.7 Å². The van der Waals surface area contributed by atoms with Crippen LogP contribution < -0.4 is 20.5 Å². The molecule has 0 aliphatic carbocycles. The maximum Gasteiger partial charge on any atom is 0.314 e. The molecule has 0 unspecified atom stereocenters. The number of nitrogens with zero attached hydrogens (tertiary/aromatic N) is 4. The Labute approximate surface area is 204 Å². The highest BCUT2D eigenvalue weighted by Gasteiger charge is 2.30. The van der Waals surface area contributed by atoms with Crippen molar-refractivity contribution in [2.24, 2.45) is 5.73 Å². The molecule has 188 valence electrons. The van der Waals surface area contributed by atoms with Crippen LogP contribution in [0.2, 0.25) is 0 Å². The molecule has 13 heteroatoms. The summed E-state index contributed by atoms with van der Waals surface area (Å²) in [4.78, 5) is 34.2. The Morgan fingerprint density at radius 1 is 1.28 bits per heavy atom. The molecule has 0 spiro atoms. The van der Waals surface area contributed by atoms with Gasteiger partial charge in [-0.3, -0.25) is 14.5 Å². The van der Waals surface area contributed by atoms with Crippen molar-refractivity contribution in [3.8, 4) is 11.6 Å². The number of carbonyl (C=O) groups excluding carboxylic acids is 2. The van der Waals surface area contributed by atoms with E-state index in [9.17, 15) is 23.6 Å². The van der Waals surface area contributed by atoms with Crippen molar-refractivity contribution < 1.29 is 32.6 Å². The third kappa shape index (κ3) is 5.70. The predicted octanol–water partition coefficient (Wildman–Crippen LogP) is 1.68. The number of carbonyl (C=O) groups is 2. The molecule has 36 heavy (non-hydrogen) atoms. The van der Waals surface area contributed by atoms with Crippen LogP contribution in [0.1, 0.15) is 29.1 Å². The zero-order chi connectivity index (χ0) is 25.8. The number of hydrogen-bond acceptors (Lipinski definition) is 8. The lowest BCUT2D eigenvalue weighted by molar-refractivity contribution is -0.607. The minimum Gasteiger partial charge on any atom is -0.618 e. The van der Waals surface area contributed by atoms with Gasteiger partial charge in [-0.05, 0) is 24.6 Å². The molecule has 1 aliphatic rings. The lowest BCUT2D eigenvalue weighted by Crippen LogP contribution is -2.48. The van der Waals surface area contributed by atoms with E-state index in [4.69, 9.17) is 15.2 Å². The smallest absolute Gasteiger partial charge is 0.314 e. The third-order valence-electron chi connectivity index (χ3n) is 5.58. The number of rotatable bonds is 7. The zero-order valence-electron chi connectivity index (χ0n) is 19.1. The monoisotopic (exact) mass is 500 g/mol. The van der Waals surface area contributed by atoms with Gasteiger partial charge in [0, 0.05) is 31.3 Å². The van der Waals surface area contributed by atoms with Gasteiger partial charge < -0.3 is 25.7 Å². The van der Waals surface area contributed by atoms with Gasteiger partial charge in [0.1, 0.15) is 5.82 Å². The largest absolute Gasteiger partial charge is 0.618 e. The van der Waals surface area contributed by atoms with Gasteiger partial charge >= 0.3 is 5.91 Å². The van der Waals surface area contributed by atoms with Gasteiger partial charge in [-0.1, -0.05) is 0 Å². The second-order valence-corrected chi connectivity index (χ2v) is 7.97. The van der Waals surface area contributed by atoms with E-state index in [-0.39, 0.29) is 29.0 Å². The van der Waals surface area contributed by atoms with Crippen molar-refractivity contribution >= 4 is 17.6 Å². The Hall–Kier alpha value is -4.23. The predicted molar refractivity (Wildman–Crippen MR) is 121 cm³/mol. The number of morpholine rings is 1. The van der Waals surface area contributed by atoms with E-state index in [0.717, 1.165) is 12.1 Å². The van der Waals surface area contributed by atoms with E-state index < -0.39 is 29.7 Å². The van der Waals surface area contributed by atoms with E-state index in [1.165, 1.54) is 30.7 Å². The van der Waals surface area contributed by atoms with Gasteiger partial charge in [0.25, 0.3) is 5.69 Å². The van der Waals surface area contributed by atoms with Gasteiger partial charge in [0.15, 0.2) is 23.6 Å². The highest BCUT2D eigenvalue weighted by atomic mass is 19.1. The topological polar surface area (TPSA) is 147 Å². The van der Waals surface area contributed by atoms with E-state index in [0.29, 0.717) is 36.1 Å². The summed E-state index contributed by atoms with van der Waals surface area (Å²) in [6.07, 6.45) is 3.15. The molecular weight excluding hydrogens is 478 g/mol. The third-order valence-corrected chi connectivity index (χ3v) is 5.58. The number of benzene rings is 1. The summed E-state index contributed by atoms with van der Waals surface area (Å²) in [6, 6.07) is 5.20. The molecule has 1 aromatic carbocycles. The fourth-order valence-corrected chi connectivity index (χ4v) is 3.61.